The number of carbonyl (C=O) groups is 1. The molecule has 0 aliphatic carbocycles. The molecule has 17 heavy (non-hydrogen) atoms. The minimum atomic E-state index is -1.27. The lowest BCUT2D eigenvalue weighted by Gasteiger charge is -2.04. The predicted octanol–water partition coefficient (Wildman–Crippen LogP) is 2.35. The summed E-state index contributed by atoms with van der Waals surface area (Å²) < 4.78 is 26.0. The third kappa shape index (κ3) is 2.65. The maximum absolute atomic E-state index is 13.2. The van der Waals surface area contributed by atoms with Gasteiger partial charge in [0.2, 0.25) is 5.95 Å². The van der Waals surface area contributed by atoms with Crippen LogP contribution in [-0.2, 0) is 6.54 Å². The molecule has 0 aromatic carbocycles. The first kappa shape index (κ1) is 11.7. The van der Waals surface area contributed by atoms with Gasteiger partial charge in [0, 0.05) is 12.7 Å². The maximum atomic E-state index is 13.2. The molecule has 0 aliphatic heterocycles. The Morgan fingerprint density at radius 2 is 2.24 bits per heavy atom. The second kappa shape index (κ2) is 5.01. The molecule has 6 heteroatoms. The van der Waals surface area contributed by atoms with Gasteiger partial charge in [-0.15, -0.1) is 0 Å². The summed E-state index contributed by atoms with van der Waals surface area (Å²) in [7, 11) is 0. The molecule has 3 nitrogen and oxygen atoms in total. The number of pyridine rings is 1. The first-order valence-electron chi connectivity index (χ1n) is 4.78. The Kier molecular flexibility index (Phi) is 3.43. The number of nitrogens with one attached hydrogen (secondary N) is 1. The quantitative estimate of drug-likeness (QED) is 0.854. The van der Waals surface area contributed by atoms with E-state index >= 15 is 0 Å². The largest absolute Gasteiger partial charge is 0.348 e. The van der Waals surface area contributed by atoms with Crippen LogP contribution in [0.1, 0.15) is 15.9 Å². The van der Waals surface area contributed by atoms with E-state index in [4.69, 9.17) is 0 Å². The highest BCUT2D eigenvalue weighted by Crippen LogP contribution is 2.10. The zero-order chi connectivity index (χ0) is 12.3. The zero-order valence-electron chi connectivity index (χ0n) is 8.61. The van der Waals surface area contributed by atoms with Crippen molar-refractivity contribution in [1.82, 2.24) is 10.3 Å². The average Bonchev–Trinajstić information content (AvgIpc) is 2.82. The van der Waals surface area contributed by atoms with Gasteiger partial charge in [-0.3, -0.25) is 4.79 Å². The summed E-state index contributed by atoms with van der Waals surface area (Å²) in [5, 5.41) is 6.24. The Bertz CT molecular complexity index is 528. The molecule has 0 radical (unpaired) electrons. The van der Waals surface area contributed by atoms with Gasteiger partial charge in [0.1, 0.15) is 0 Å². The van der Waals surface area contributed by atoms with Crippen LogP contribution in [0.2, 0.25) is 0 Å². The van der Waals surface area contributed by atoms with Crippen molar-refractivity contribution in [2.45, 2.75) is 6.54 Å². The minimum absolute atomic E-state index is 0.283. The van der Waals surface area contributed by atoms with E-state index in [9.17, 15) is 13.6 Å². The third-order valence-electron chi connectivity index (χ3n) is 2.12. The highest BCUT2D eigenvalue weighted by atomic mass is 32.1. The summed E-state index contributed by atoms with van der Waals surface area (Å²) in [6.07, 6.45) is 1.05. The molecule has 0 unspecified atom stereocenters. The Balaban J connectivity index is 2.07. The van der Waals surface area contributed by atoms with Crippen molar-refractivity contribution in [1.29, 1.82) is 0 Å². The Hall–Kier alpha value is -1.82. The number of hydrogen-bond acceptors (Lipinski definition) is 3. The van der Waals surface area contributed by atoms with Crippen molar-refractivity contribution in [3.8, 4) is 0 Å². The van der Waals surface area contributed by atoms with Crippen LogP contribution in [0, 0.1) is 11.8 Å². The van der Waals surface area contributed by atoms with Crippen LogP contribution in [0.25, 0.3) is 0 Å². The van der Waals surface area contributed by atoms with E-state index in [-0.39, 0.29) is 12.1 Å². The highest BCUT2D eigenvalue weighted by Gasteiger charge is 2.15. The van der Waals surface area contributed by atoms with Gasteiger partial charge in [-0.25, -0.2) is 9.37 Å². The summed E-state index contributed by atoms with van der Waals surface area (Å²) in [6.45, 7) is 0.283. The molecule has 1 amide bonds. The lowest BCUT2D eigenvalue weighted by molar-refractivity contribution is 0.0945. The van der Waals surface area contributed by atoms with Crippen LogP contribution in [0.4, 0.5) is 8.78 Å². The van der Waals surface area contributed by atoms with Gasteiger partial charge in [-0.1, -0.05) is 0 Å². The Morgan fingerprint density at radius 3 is 2.94 bits per heavy atom. The minimum Gasteiger partial charge on any atom is -0.348 e. The van der Waals surface area contributed by atoms with Crippen LogP contribution < -0.4 is 5.32 Å². The van der Waals surface area contributed by atoms with Gasteiger partial charge in [-0.2, -0.15) is 15.7 Å². The van der Waals surface area contributed by atoms with Crippen molar-refractivity contribution in [3.63, 3.8) is 0 Å². The fourth-order valence-corrected chi connectivity index (χ4v) is 1.93. The van der Waals surface area contributed by atoms with Crippen molar-refractivity contribution >= 4 is 17.2 Å². The van der Waals surface area contributed by atoms with Crippen molar-refractivity contribution in [3.05, 3.63) is 52.0 Å². The van der Waals surface area contributed by atoms with Gasteiger partial charge in [0.25, 0.3) is 5.91 Å². The number of rotatable bonds is 3. The summed E-state index contributed by atoms with van der Waals surface area (Å²) in [6, 6.07) is 2.98. The summed E-state index contributed by atoms with van der Waals surface area (Å²) >= 11 is 1.50. The van der Waals surface area contributed by atoms with Crippen LogP contribution in [-0.4, -0.2) is 10.9 Å². The number of carbonyl (C=O) groups excluding carboxylic acids is 1. The Morgan fingerprint density at radius 1 is 1.41 bits per heavy atom. The van der Waals surface area contributed by atoms with Crippen LogP contribution in [0.15, 0.2) is 29.1 Å². The molecule has 1 N–H and O–H groups in total. The average molecular weight is 254 g/mol. The van der Waals surface area contributed by atoms with Gasteiger partial charge in [0.05, 0.1) is 5.56 Å². The number of nitrogens with zero attached hydrogens (tertiary/aromatic N) is 1. The Labute approximate surface area is 100 Å². The summed E-state index contributed by atoms with van der Waals surface area (Å²) in [4.78, 5) is 14.7. The third-order valence-corrected chi connectivity index (χ3v) is 2.86. The molecule has 0 bridgehead atoms. The fourth-order valence-electron chi connectivity index (χ4n) is 1.26. The van der Waals surface area contributed by atoms with Crippen molar-refractivity contribution in [2.24, 2.45) is 0 Å². The molecular formula is C11H8F2N2OS. The number of thiophene rings is 1. The molecular weight excluding hydrogens is 246 g/mol. The smallest absolute Gasteiger partial charge is 0.254 e. The molecule has 0 spiro atoms. The van der Waals surface area contributed by atoms with Crippen LogP contribution >= 0.6 is 11.3 Å². The lowest BCUT2D eigenvalue weighted by Crippen LogP contribution is -2.24. The van der Waals surface area contributed by atoms with Crippen molar-refractivity contribution < 1.29 is 13.6 Å². The summed E-state index contributed by atoms with van der Waals surface area (Å²) in [5.74, 6) is -3.15. The molecule has 0 saturated carbocycles. The molecule has 0 saturated heterocycles. The maximum Gasteiger partial charge on any atom is 0.254 e. The van der Waals surface area contributed by atoms with Crippen molar-refractivity contribution in [2.75, 3.05) is 0 Å². The normalized spacial score (nSPS) is 10.2. The zero-order valence-corrected chi connectivity index (χ0v) is 9.43. The SMILES string of the molecule is O=C(NCc1ccsc1)c1ccnc(F)c1F. The number of amides is 1. The molecule has 2 heterocycles. The molecule has 0 aliphatic rings. The molecule has 0 fully saturated rings. The van der Waals surface area contributed by atoms with E-state index in [1.807, 2.05) is 16.8 Å². The second-order valence-corrected chi connectivity index (χ2v) is 4.06. The predicted molar refractivity (Wildman–Crippen MR) is 59.6 cm³/mol. The van der Waals surface area contributed by atoms with Crippen LogP contribution in [0.3, 0.4) is 0 Å². The van der Waals surface area contributed by atoms with E-state index in [0.29, 0.717) is 0 Å². The van der Waals surface area contributed by atoms with Crippen LogP contribution in [0.5, 0.6) is 0 Å². The number of halogens is 2. The standard InChI is InChI=1S/C11H8F2N2OS/c12-9-8(1-3-14-10(9)13)11(16)15-5-7-2-4-17-6-7/h1-4,6H,5H2,(H,15,16). The highest BCUT2D eigenvalue weighted by molar-refractivity contribution is 7.07. The van der Waals surface area contributed by atoms with Gasteiger partial charge < -0.3 is 5.32 Å². The van der Waals surface area contributed by atoms with E-state index < -0.39 is 17.7 Å². The van der Waals surface area contributed by atoms with Gasteiger partial charge >= 0.3 is 0 Å². The van der Waals surface area contributed by atoms with Gasteiger partial charge in [0.15, 0.2) is 5.82 Å². The molecule has 2 aromatic rings. The molecule has 2 aromatic heterocycles. The van der Waals surface area contributed by atoms with E-state index in [2.05, 4.69) is 10.3 Å². The first-order chi connectivity index (χ1) is 8.18. The lowest BCUT2D eigenvalue weighted by atomic mass is 10.2. The second-order valence-electron chi connectivity index (χ2n) is 3.28. The molecule has 2 rings (SSSR count). The van der Waals surface area contributed by atoms with E-state index in [1.165, 1.54) is 11.3 Å². The van der Waals surface area contributed by atoms with E-state index in [1.54, 1.807) is 0 Å². The monoisotopic (exact) mass is 254 g/mol. The number of aromatic nitrogens is 1. The summed E-state index contributed by atoms with van der Waals surface area (Å²) in [5.41, 5.74) is 0.575. The number of hydrogen-bond donors (Lipinski definition) is 1. The van der Waals surface area contributed by atoms with E-state index in [0.717, 1.165) is 17.8 Å². The fraction of sp³-hybridized carbons (Fsp3) is 0.0909. The topological polar surface area (TPSA) is 42.0 Å². The first-order valence-corrected chi connectivity index (χ1v) is 5.72. The van der Waals surface area contributed by atoms with Gasteiger partial charge in [-0.05, 0) is 28.5 Å². The molecule has 88 valence electrons. The molecule has 0 atom stereocenters.